The lowest BCUT2D eigenvalue weighted by atomic mass is 10.0. The number of aryl methyl sites for hydroxylation is 1. The molecule has 4 aromatic rings. The van der Waals surface area contributed by atoms with E-state index in [0.717, 1.165) is 15.4 Å². The molecule has 10 nitrogen and oxygen atoms in total. The van der Waals surface area contributed by atoms with Gasteiger partial charge >= 0.3 is 0 Å². The van der Waals surface area contributed by atoms with Crippen LogP contribution >= 0.6 is 0 Å². The van der Waals surface area contributed by atoms with Crippen LogP contribution in [0, 0.1) is 6.92 Å². The minimum Gasteiger partial charge on any atom is -0.497 e. The van der Waals surface area contributed by atoms with Gasteiger partial charge in [-0.2, -0.15) is 0 Å². The Morgan fingerprint density at radius 3 is 2.04 bits per heavy atom. The monoisotopic (exact) mass is 673 g/mol. The van der Waals surface area contributed by atoms with Gasteiger partial charge in [-0.1, -0.05) is 60.2 Å². The van der Waals surface area contributed by atoms with Crippen LogP contribution in [0.5, 0.6) is 17.2 Å². The summed E-state index contributed by atoms with van der Waals surface area (Å²) in [5.41, 5.74) is 2.52. The maximum Gasteiger partial charge on any atom is 0.264 e. The predicted molar refractivity (Wildman–Crippen MR) is 186 cm³/mol. The fraction of sp³-hybridized carbons (Fsp3) is 0.297. The van der Waals surface area contributed by atoms with Crippen LogP contribution < -0.4 is 23.8 Å². The lowest BCUT2D eigenvalue weighted by Gasteiger charge is -2.34. The van der Waals surface area contributed by atoms with Gasteiger partial charge in [0.25, 0.3) is 10.0 Å². The summed E-state index contributed by atoms with van der Waals surface area (Å²) < 4.78 is 46.3. The first kappa shape index (κ1) is 35.8. The zero-order chi connectivity index (χ0) is 34.8. The van der Waals surface area contributed by atoms with Gasteiger partial charge in [0.15, 0.2) is 0 Å². The van der Waals surface area contributed by atoms with Gasteiger partial charge in [0.2, 0.25) is 11.8 Å². The van der Waals surface area contributed by atoms with Gasteiger partial charge in [-0.3, -0.25) is 13.9 Å². The van der Waals surface area contributed by atoms with Crippen molar-refractivity contribution >= 4 is 27.5 Å². The van der Waals surface area contributed by atoms with Crippen LogP contribution in [-0.4, -0.2) is 65.1 Å². The summed E-state index contributed by atoms with van der Waals surface area (Å²) in [4.78, 5) is 30.1. The SMILES string of the molecule is COc1cccc(CN(C(=O)CN(c2cc(OC)ccc2OC)S(=O)(=O)c2ccc(C)cc2)C(Cc2ccccc2)C(=O)NC(C)C)c1. The molecule has 4 aromatic carbocycles. The van der Waals surface area contributed by atoms with E-state index in [9.17, 15) is 18.0 Å². The average molecular weight is 674 g/mol. The number of ether oxygens (including phenoxy) is 3. The molecule has 0 radical (unpaired) electrons. The van der Waals surface area contributed by atoms with Crippen molar-refractivity contribution in [1.29, 1.82) is 0 Å². The van der Waals surface area contributed by atoms with Gasteiger partial charge in [-0.05, 0) is 68.3 Å². The molecule has 0 aliphatic carbocycles. The van der Waals surface area contributed by atoms with E-state index in [2.05, 4.69) is 5.32 Å². The standard InChI is InChI=1S/C37H43N3O7S/c1-26(2)38-37(42)34(22-28-11-8-7-9-12-28)39(24-29-13-10-14-30(21-29)45-4)36(41)25-40(33-23-31(46-5)17-20-35(33)47-6)48(43,44)32-18-15-27(3)16-19-32/h7-21,23,26,34H,22,24-25H2,1-6H3,(H,38,42). The molecule has 0 aliphatic heterocycles. The Labute approximate surface area is 283 Å². The zero-order valence-electron chi connectivity index (χ0n) is 28.2. The van der Waals surface area contributed by atoms with Gasteiger partial charge in [0.1, 0.15) is 29.8 Å². The number of anilines is 1. The van der Waals surface area contributed by atoms with Crippen molar-refractivity contribution in [2.75, 3.05) is 32.2 Å². The normalized spacial score (nSPS) is 11.8. The van der Waals surface area contributed by atoms with Gasteiger partial charge < -0.3 is 24.4 Å². The quantitative estimate of drug-likeness (QED) is 0.180. The van der Waals surface area contributed by atoms with E-state index in [1.165, 1.54) is 37.3 Å². The number of amides is 2. The van der Waals surface area contributed by atoms with Crippen LogP contribution in [0.1, 0.15) is 30.5 Å². The van der Waals surface area contributed by atoms with Crippen molar-refractivity contribution in [2.45, 2.75) is 50.7 Å². The Kier molecular flexibility index (Phi) is 12.1. The second-order valence-electron chi connectivity index (χ2n) is 11.6. The molecular weight excluding hydrogens is 630 g/mol. The molecule has 0 saturated carbocycles. The minimum absolute atomic E-state index is 0.00666. The molecule has 0 spiro atoms. The number of methoxy groups -OCH3 is 3. The molecule has 0 aliphatic rings. The molecule has 2 amide bonds. The first-order valence-electron chi connectivity index (χ1n) is 15.5. The summed E-state index contributed by atoms with van der Waals surface area (Å²) in [7, 11) is 0.0995. The first-order valence-corrected chi connectivity index (χ1v) is 17.0. The van der Waals surface area contributed by atoms with Crippen LogP contribution in [0.3, 0.4) is 0 Å². The van der Waals surface area contributed by atoms with Crippen molar-refractivity contribution in [3.8, 4) is 17.2 Å². The third-order valence-corrected chi connectivity index (χ3v) is 9.51. The van der Waals surface area contributed by atoms with Crippen LogP contribution in [0.2, 0.25) is 0 Å². The molecule has 0 heterocycles. The third-order valence-electron chi connectivity index (χ3n) is 7.73. The lowest BCUT2D eigenvalue weighted by molar-refractivity contribution is -0.140. The highest BCUT2D eigenvalue weighted by molar-refractivity contribution is 7.92. The second kappa shape index (κ2) is 16.2. The topological polar surface area (TPSA) is 114 Å². The lowest BCUT2D eigenvalue weighted by Crippen LogP contribution is -2.54. The first-order chi connectivity index (χ1) is 23.0. The van der Waals surface area contributed by atoms with E-state index < -0.39 is 28.5 Å². The van der Waals surface area contributed by atoms with E-state index in [-0.39, 0.29) is 41.2 Å². The summed E-state index contributed by atoms with van der Waals surface area (Å²) in [6, 6.07) is 26.5. The van der Waals surface area contributed by atoms with Crippen molar-refractivity contribution < 1.29 is 32.2 Å². The molecular formula is C37H43N3O7S. The summed E-state index contributed by atoms with van der Waals surface area (Å²) >= 11 is 0. The van der Waals surface area contributed by atoms with Gasteiger partial charge in [-0.15, -0.1) is 0 Å². The highest BCUT2D eigenvalue weighted by Gasteiger charge is 2.36. The maximum atomic E-state index is 14.7. The molecule has 1 N–H and O–H groups in total. The van der Waals surface area contributed by atoms with Crippen molar-refractivity contribution in [2.24, 2.45) is 0 Å². The smallest absolute Gasteiger partial charge is 0.264 e. The number of carbonyl (C=O) groups is 2. The molecule has 4 rings (SSSR count). The van der Waals surface area contributed by atoms with E-state index in [0.29, 0.717) is 17.1 Å². The highest BCUT2D eigenvalue weighted by Crippen LogP contribution is 2.36. The largest absolute Gasteiger partial charge is 0.497 e. The summed E-state index contributed by atoms with van der Waals surface area (Å²) in [5.74, 6) is 0.205. The number of nitrogens with zero attached hydrogens (tertiary/aromatic N) is 2. The van der Waals surface area contributed by atoms with E-state index >= 15 is 0 Å². The molecule has 254 valence electrons. The Bertz CT molecular complexity index is 1800. The average Bonchev–Trinajstić information content (AvgIpc) is 3.08. The molecule has 11 heteroatoms. The third kappa shape index (κ3) is 8.86. The number of benzene rings is 4. The van der Waals surface area contributed by atoms with Crippen LogP contribution in [-0.2, 0) is 32.6 Å². The van der Waals surface area contributed by atoms with Gasteiger partial charge in [0, 0.05) is 25.1 Å². The Morgan fingerprint density at radius 2 is 1.42 bits per heavy atom. The highest BCUT2D eigenvalue weighted by atomic mass is 32.2. The van der Waals surface area contributed by atoms with Crippen LogP contribution in [0.15, 0.2) is 102 Å². The van der Waals surface area contributed by atoms with Crippen LogP contribution in [0.4, 0.5) is 5.69 Å². The summed E-state index contributed by atoms with van der Waals surface area (Å²) in [5, 5.41) is 2.96. The van der Waals surface area contributed by atoms with Crippen LogP contribution in [0.25, 0.3) is 0 Å². The van der Waals surface area contributed by atoms with E-state index in [1.807, 2.05) is 57.2 Å². The van der Waals surface area contributed by atoms with E-state index in [1.54, 1.807) is 49.6 Å². The molecule has 48 heavy (non-hydrogen) atoms. The van der Waals surface area contributed by atoms with Gasteiger partial charge in [0.05, 0.1) is 31.9 Å². The minimum atomic E-state index is -4.33. The number of hydrogen-bond acceptors (Lipinski definition) is 7. The van der Waals surface area contributed by atoms with Gasteiger partial charge in [-0.25, -0.2) is 8.42 Å². The molecule has 0 bridgehead atoms. The molecule has 1 atom stereocenters. The Balaban J connectivity index is 1.88. The molecule has 0 aromatic heterocycles. The van der Waals surface area contributed by atoms with E-state index in [4.69, 9.17) is 14.2 Å². The van der Waals surface area contributed by atoms with Crippen molar-refractivity contribution in [3.05, 3.63) is 114 Å². The Hall–Kier alpha value is -5.03. The molecule has 1 unspecified atom stereocenters. The predicted octanol–water partition coefficient (Wildman–Crippen LogP) is 5.38. The van der Waals surface area contributed by atoms with Crippen molar-refractivity contribution in [3.63, 3.8) is 0 Å². The number of hydrogen-bond donors (Lipinski definition) is 1. The number of rotatable bonds is 15. The molecule has 0 saturated heterocycles. The summed E-state index contributed by atoms with van der Waals surface area (Å²) in [6.07, 6.45) is 0.197. The summed E-state index contributed by atoms with van der Waals surface area (Å²) in [6.45, 7) is 4.91. The second-order valence-corrected chi connectivity index (χ2v) is 13.5. The number of carbonyl (C=O) groups excluding carboxylic acids is 2. The zero-order valence-corrected chi connectivity index (χ0v) is 29.0. The van der Waals surface area contributed by atoms with Crippen molar-refractivity contribution in [1.82, 2.24) is 10.2 Å². The Morgan fingerprint density at radius 1 is 0.771 bits per heavy atom. The number of nitrogens with one attached hydrogen (secondary N) is 1. The molecule has 0 fully saturated rings. The number of sulfonamides is 1. The fourth-order valence-electron chi connectivity index (χ4n) is 5.24. The maximum absolute atomic E-state index is 14.7. The fourth-order valence-corrected chi connectivity index (χ4v) is 6.66.